The summed E-state index contributed by atoms with van der Waals surface area (Å²) in [6.45, 7) is 4.31. The topological polar surface area (TPSA) is 49.3 Å². The summed E-state index contributed by atoms with van der Waals surface area (Å²) >= 11 is 0. The van der Waals surface area contributed by atoms with Gasteiger partial charge in [-0.1, -0.05) is 26.7 Å². The quantitative estimate of drug-likeness (QED) is 0.737. The lowest BCUT2D eigenvalue weighted by Crippen LogP contribution is -2.46. The van der Waals surface area contributed by atoms with Gasteiger partial charge >= 0.3 is 5.97 Å². The highest BCUT2D eigenvalue weighted by Crippen LogP contribution is 2.25. The predicted octanol–water partition coefficient (Wildman–Crippen LogP) is 2.41. The first kappa shape index (κ1) is 12.5. The first-order valence-corrected chi connectivity index (χ1v) is 6.17. The summed E-state index contributed by atoms with van der Waals surface area (Å²) in [5.41, 5.74) is 0. The molecule has 1 rings (SSSR count). The fourth-order valence-electron chi connectivity index (χ4n) is 2.45. The van der Waals surface area contributed by atoms with Crippen LogP contribution in [-0.2, 0) is 4.79 Å². The highest BCUT2D eigenvalue weighted by Gasteiger charge is 2.31. The summed E-state index contributed by atoms with van der Waals surface area (Å²) < 4.78 is 0. The second-order valence-electron chi connectivity index (χ2n) is 4.52. The molecule has 0 aromatic heterocycles. The van der Waals surface area contributed by atoms with Gasteiger partial charge in [0.1, 0.15) is 0 Å². The monoisotopic (exact) mass is 213 g/mol. The number of carboxylic acids is 1. The molecule has 0 aromatic rings. The zero-order valence-electron chi connectivity index (χ0n) is 9.83. The molecule has 0 radical (unpaired) electrons. The van der Waals surface area contributed by atoms with Crippen molar-refractivity contribution in [2.75, 3.05) is 0 Å². The first-order valence-electron chi connectivity index (χ1n) is 6.17. The molecule has 0 heterocycles. The van der Waals surface area contributed by atoms with E-state index >= 15 is 0 Å². The molecule has 2 unspecified atom stereocenters. The average Bonchev–Trinajstić information content (AvgIpc) is 2.26. The van der Waals surface area contributed by atoms with E-state index in [4.69, 9.17) is 5.11 Å². The summed E-state index contributed by atoms with van der Waals surface area (Å²) in [5.74, 6) is -0.794. The molecule has 0 aliphatic heterocycles. The minimum absolute atomic E-state index is 0.167. The Labute approximate surface area is 92.3 Å². The number of carbonyl (C=O) groups is 1. The van der Waals surface area contributed by atoms with Gasteiger partial charge in [0, 0.05) is 12.1 Å². The molecular formula is C12H23NO2. The number of aliphatic carboxylic acids is 1. The molecule has 1 fully saturated rings. The lowest BCUT2D eigenvalue weighted by atomic mass is 9.84. The Balaban J connectivity index is 2.52. The Morgan fingerprint density at radius 3 is 2.47 bits per heavy atom. The Hall–Kier alpha value is -0.570. The van der Waals surface area contributed by atoms with E-state index in [1.54, 1.807) is 0 Å². The fourth-order valence-corrected chi connectivity index (χ4v) is 2.45. The Kier molecular flexibility index (Phi) is 5.09. The first-order chi connectivity index (χ1) is 7.19. The van der Waals surface area contributed by atoms with Crippen molar-refractivity contribution in [2.45, 2.75) is 64.5 Å². The van der Waals surface area contributed by atoms with Crippen LogP contribution in [0.3, 0.4) is 0 Å². The molecule has 3 nitrogen and oxygen atoms in total. The maximum Gasteiger partial charge on any atom is 0.308 e. The lowest BCUT2D eigenvalue weighted by molar-refractivity contribution is -0.143. The molecule has 0 bridgehead atoms. The molecule has 0 spiro atoms. The minimum Gasteiger partial charge on any atom is -0.481 e. The van der Waals surface area contributed by atoms with E-state index in [9.17, 15) is 4.79 Å². The number of hydrogen-bond acceptors (Lipinski definition) is 2. The van der Waals surface area contributed by atoms with Crippen molar-refractivity contribution < 1.29 is 9.90 Å². The maximum atomic E-state index is 11.1. The van der Waals surface area contributed by atoms with Crippen molar-refractivity contribution in [2.24, 2.45) is 5.92 Å². The van der Waals surface area contributed by atoms with Gasteiger partial charge in [0.2, 0.25) is 0 Å². The van der Waals surface area contributed by atoms with Crippen LogP contribution in [0.5, 0.6) is 0 Å². The van der Waals surface area contributed by atoms with E-state index in [-0.39, 0.29) is 12.0 Å². The van der Waals surface area contributed by atoms with Crippen molar-refractivity contribution in [3.05, 3.63) is 0 Å². The van der Waals surface area contributed by atoms with Gasteiger partial charge in [-0.05, 0) is 25.7 Å². The molecule has 2 atom stereocenters. The minimum atomic E-state index is -0.627. The summed E-state index contributed by atoms with van der Waals surface area (Å²) in [5, 5.41) is 12.6. The van der Waals surface area contributed by atoms with Crippen LogP contribution in [0.4, 0.5) is 0 Å². The van der Waals surface area contributed by atoms with Crippen LogP contribution in [0.15, 0.2) is 0 Å². The molecule has 15 heavy (non-hydrogen) atoms. The van der Waals surface area contributed by atoms with Crippen LogP contribution in [0.25, 0.3) is 0 Å². The number of nitrogens with one attached hydrogen (secondary N) is 1. The Bertz CT molecular complexity index is 202. The third-order valence-corrected chi connectivity index (χ3v) is 3.52. The normalized spacial score (nSPS) is 26.9. The molecule has 1 aliphatic rings. The molecular weight excluding hydrogens is 190 g/mol. The molecule has 0 saturated heterocycles. The fraction of sp³-hybridized carbons (Fsp3) is 0.917. The van der Waals surface area contributed by atoms with Crippen LogP contribution in [0.2, 0.25) is 0 Å². The largest absolute Gasteiger partial charge is 0.481 e. The van der Waals surface area contributed by atoms with Gasteiger partial charge in [0.05, 0.1) is 5.92 Å². The Morgan fingerprint density at radius 1 is 1.33 bits per heavy atom. The highest BCUT2D eigenvalue weighted by molar-refractivity contribution is 5.71. The van der Waals surface area contributed by atoms with Gasteiger partial charge in [0.25, 0.3) is 0 Å². The van der Waals surface area contributed by atoms with Gasteiger partial charge in [0.15, 0.2) is 0 Å². The van der Waals surface area contributed by atoms with Crippen molar-refractivity contribution >= 4 is 5.97 Å². The van der Waals surface area contributed by atoms with E-state index in [1.165, 1.54) is 6.42 Å². The standard InChI is InChI=1S/C12H23NO2/c1-3-9(4-2)13-11-8-6-5-7-10(11)12(14)15/h9-11,13H,3-8H2,1-2H3,(H,14,15). The van der Waals surface area contributed by atoms with Gasteiger partial charge in [-0.2, -0.15) is 0 Å². The highest BCUT2D eigenvalue weighted by atomic mass is 16.4. The van der Waals surface area contributed by atoms with Gasteiger partial charge in [-0.15, -0.1) is 0 Å². The van der Waals surface area contributed by atoms with E-state index in [1.807, 2.05) is 0 Å². The molecule has 88 valence electrons. The van der Waals surface area contributed by atoms with Crippen LogP contribution in [0, 0.1) is 5.92 Å². The molecule has 0 aromatic carbocycles. The van der Waals surface area contributed by atoms with Crippen molar-refractivity contribution in [1.82, 2.24) is 5.32 Å². The van der Waals surface area contributed by atoms with Crippen LogP contribution in [-0.4, -0.2) is 23.2 Å². The lowest BCUT2D eigenvalue weighted by Gasteiger charge is -2.32. The van der Waals surface area contributed by atoms with E-state index in [0.717, 1.165) is 32.1 Å². The summed E-state index contributed by atoms with van der Waals surface area (Å²) in [4.78, 5) is 11.1. The maximum absolute atomic E-state index is 11.1. The van der Waals surface area contributed by atoms with E-state index in [2.05, 4.69) is 19.2 Å². The smallest absolute Gasteiger partial charge is 0.308 e. The summed E-state index contributed by atoms with van der Waals surface area (Å²) in [6.07, 6.45) is 6.26. The van der Waals surface area contributed by atoms with Gasteiger partial charge < -0.3 is 10.4 Å². The third kappa shape index (κ3) is 3.49. The van der Waals surface area contributed by atoms with Gasteiger partial charge in [-0.25, -0.2) is 0 Å². The summed E-state index contributed by atoms with van der Waals surface area (Å²) in [6, 6.07) is 0.677. The van der Waals surface area contributed by atoms with Crippen molar-refractivity contribution in [1.29, 1.82) is 0 Å². The van der Waals surface area contributed by atoms with Crippen LogP contribution < -0.4 is 5.32 Å². The molecule has 1 saturated carbocycles. The third-order valence-electron chi connectivity index (χ3n) is 3.52. The number of carboxylic acid groups (broad SMARTS) is 1. The number of hydrogen-bond donors (Lipinski definition) is 2. The molecule has 1 aliphatic carbocycles. The average molecular weight is 213 g/mol. The second kappa shape index (κ2) is 6.11. The zero-order chi connectivity index (χ0) is 11.3. The van der Waals surface area contributed by atoms with Crippen LogP contribution in [0.1, 0.15) is 52.4 Å². The SMILES string of the molecule is CCC(CC)NC1CCCCC1C(=O)O. The molecule has 0 amide bonds. The zero-order valence-corrected chi connectivity index (χ0v) is 9.83. The summed E-state index contributed by atoms with van der Waals surface area (Å²) in [7, 11) is 0. The van der Waals surface area contributed by atoms with Crippen LogP contribution >= 0.6 is 0 Å². The second-order valence-corrected chi connectivity index (χ2v) is 4.52. The van der Waals surface area contributed by atoms with E-state index in [0.29, 0.717) is 6.04 Å². The van der Waals surface area contributed by atoms with Crippen molar-refractivity contribution in [3.63, 3.8) is 0 Å². The molecule has 2 N–H and O–H groups in total. The van der Waals surface area contributed by atoms with Crippen molar-refractivity contribution in [3.8, 4) is 0 Å². The Morgan fingerprint density at radius 2 is 1.93 bits per heavy atom. The predicted molar refractivity (Wildman–Crippen MR) is 60.9 cm³/mol. The molecule has 3 heteroatoms. The number of rotatable bonds is 5. The van der Waals surface area contributed by atoms with E-state index < -0.39 is 5.97 Å². The van der Waals surface area contributed by atoms with Gasteiger partial charge in [-0.3, -0.25) is 4.79 Å².